The van der Waals surface area contributed by atoms with Crippen molar-refractivity contribution in [2.75, 3.05) is 26.2 Å². The first-order chi connectivity index (χ1) is 9.29. The maximum atomic E-state index is 3.64. The summed E-state index contributed by atoms with van der Waals surface area (Å²) in [4.78, 5) is 2.64. The molecule has 1 heterocycles. The summed E-state index contributed by atoms with van der Waals surface area (Å²) >= 11 is 0. The van der Waals surface area contributed by atoms with E-state index in [2.05, 4.69) is 48.3 Å². The Bertz CT molecular complexity index is 350. The fourth-order valence-corrected chi connectivity index (χ4v) is 2.91. The Hall–Kier alpha value is -0.860. The molecule has 2 rings (SSSR count). The molecule has 106 valence electrons. The summed E-state index contributed by atoms with van der Waals surface area (Å²) in [5, 5.41) is 3.64. The number of nitrogens with one attached hydrogen (secondary N) is 1. The number of likely N-dealkylation sites (tertiary alicyclic amines) is 1. The van der Waals surface area contributed by atoms with E-state index in [0.29, 0.717) is 6.04 Å². The Kier molecular flexibility index (Phi) is 5.87. The second-order valence-electron chi connectivity index (χ2n) is 5.74. The van der Waals surface area contributed by atoms with Gasteiger partial charge in [0, 0.05) is 12.6 Å². The van der Waals surface area contributed by atoms with Gasteiger partial charge >= 0.3 is 0 Å². The van der Waals surface area contributed by atoms with Gasteiger partial charge in [-0.25, -0.2) is 0 Å². The first-order valence-electron chi connectivity index (χ1n) is 7.82. The van der Waals surface area contributed by atoms with E-state index in [1.165, 1.54) is 49.9 Å². The third-order valence-electron chi connectivity index (χ3n) is 4.07. The van der Waals surface area contributed by atoms with E-state index >= 15 is 0 Å². The number of hydrogen-bond donors (Lipinski definition) is 1. The van der Waals surface area contributed by atoms with Gasteiger partial charge in [-0.15, -0.1) is 0 Å². The van der Waals surface area contributed by atoms with Crippen LogP contribution in [0.3, 0.4) is 0 Å². The van der Waals surface area contributed by atoms with E-state index in [-0.39, 0.29) is 0 Å². The number of benzene rings is 1. The highest BCUT2D eigenvalue weighted by Gasteiger charge is 2.16. The van der Waals surface area contributed by atoms with E-state index in [9.17, 15) is 0 Å². The highest BCUT2D eigenvalue weighted by atomic mass is 15.1. The summed E-state index contributed by atoms with van der Waals surface area (Å²) in [5.74, 6) is 0. The van der Waals surface area contributed by atoms with Gasteiger partial charge in [-0.2, -0.15) is 0 Å². The zero-order valence-electron chi connectivity index (χ0n) is 12.5. The van der Waals surface area contributed by atoms with Crippen LogP contribution in [0.2, 0.25) is 0 Å². The third-order valence-corrected chi connectivity index (χ3v) is 4.07. The molecule has 19 heavy (non-hydrogen) atoms. The number of hydrogen-bond acceptors (Lipinski definition) is 2. The molecule has 2 nitrogen and oxygen atoms in total. The van der Waals surface area contributed by atoms with Gasteiger partial charge < -0.3 is 10.2 Å². The van der Waals surface area contributed by atoms with Crippen LogP contribution in [0.15, 0.2) is 24.3 Å². The van der Waals surface area contributed by atoms with E-state index in [4.69, 9.17) is 0 Å². The third kappa shape index (κ3) is 4.63. The molecule has 2 heteroatoms. The van der Waals surface area contributed by atoms with Crippen LogP contribution in [0.4, 0.5) is 0 Å². The highest BCUT2D eigenvalue weighted by Crippen LogP contribution is 2.18. The first-order valence-corrected chi connectivity index (χ1v) is 7.82. The lowest BCUT2D eigenvalue weighted by Gasteiger charge is -2.27. The van der Waals surface area contributed by atoms with Crippen molar-refractivity contribution in [1.29, 1.82) is 0 Å². The summed E-state index contributed by atoms with van der Waals surface area (Å²) in [6, 6.07) is 9.48. The second kappa shape index (κ2) is 7.66. The molecule has 1 unspecified atom stereocenters. The van der Waals surface area contributed by atoms with E-state index in [1.54, 1.807) is 0 Å². The molecule has 1 saturated heterocycles. The lowest BCUT2D eigenvalue weighted by Crippen LogP contribution is -2.35. The van der Waals surface area contributed by atoms with Crippen molar-refractivity contribution < 1.29 is 0 Å². The lowest BCUT2D eigenvalue weighted by molar-refractivity contribution is 0.252. The molecule has 1 aromatic carbocycles. The van der Waals surface area contributed by atoms with Gasteiger partial charge in [-0.1, -0.05) is 49.6 Å². The first kappa shape index (κ1) is 14.5. The smallest absolute Gasteiger partial charge is 0.0449 e. The zero-order valence-corrected chi connectivity index (χ0v) is 12.5. The summed E-state index contributed by atoms with van der Waals surface area (Å²) in [6.07, 6.45) is 5.55. The molecule has 1 aliphatic heterocycles. The maximum absolute atomic E-state index is 3.64. The van der Waals surface area contributed by atoms with Crippen LogP contribution in [0, 0.1) is 6.92 Å². The van der Waals surface area contributed by atoms with Crippen molar-refractivity contribution in [3.8, 4) is 0 Å². The summed E-state index contributed by atoms with van der Waals surface area (Å²) in [7, 11) is 0. The van der Waals surface area contributed by atoms with Gasteiger partial charge in [-0.05, 0) is 45.0 Å². The van der Waals surface area contributed by atoms with Gasteiger partial charge in [0.25, 0.3) is 0 Å². The maximum Gasteiger partial charge on any atom is 0.0449 e. The molecular weight excluding hydrogens is 232 g/mol. The number of nitrogens with zero attached hydrogens (tertiary/aromatic N) is 1. The fraction of sp³-hybridized carbons (Fsp3) is 0.647. The van der Waals surface area contributed by atoms with Gasteiger partial charge in [0.05, 0.1) is 0 Å². The number of likely N-dealkylation sites (N-methyl/N-ethyl adjacent to an activating group) is 1. The SMILES string of the molecule is CCNC(CN1CCCCCC1)c1ccc(C)cc1. The molecule has 0 aromatic heterocycles. The Morgan fingerprint density at radius 3 is 2.26 bits per heavy atom. The van der Waals surface area contributed by atoms with Crippen LogP contribution in [-0.4, -0.2) is 31.1 Å². The molecule has 0 radical (unpaired) electrons. The highest BCUT2D eigenvalue weighted by molar-refractivity contribution is 5.24. The number of aryl methyl sites for hydroxylation is 1. The average molecular weight is 260 g/mol. The van der Waals surface area contributed by atoms with Crippen molar-refractivity contribution >= 4 is 0 Å². The topological polar surface area (TPSA) is 15.3 Å². The monoisotopic (exact) mass is 260 g/mol. The fourth-order valence-electron chi connectivity index (χ4n) is 2.91. The largest absolute Gasteiger partial charge is 0.309 e. The minimum Gasteiger partial charge on any atom is -0.309 e. The van der Waals surface area contributed by atoms with Gasteiger partial charge in [0.2, 0.25) is 0 Å². The van der Waals surface area contributed by atoms with Gasteiger partial charge in [0.15, 0.2) is 0 Å². The van der Waals surface area contributed by atoms with Crippen LogP contribution in [0.5, 0.6) is 0 Å². The quantitative estimate of drug-likeness (QED) is 0.871. The van der Waals surface area contributed by atoms with Crippen LogP contribution < -0.4 is 5.32 Å². The molecule has 1 aromatic rings. The minimum absolute atomic E-state index is 0.476. The van der Waals surface area contributed by atoms with E-state index in [0.717, 1.165) is 13.1 Å². The number of rotatable bonds is 5. The standard InChI is InChI=1S/C17H28N2/c1-3-18-17(16-10-8-15(2)9-11-16)14-19-12-6-4-5-7-13-19/h8-11,17-18H,3-7,12-14H2,1-2H3. The van der Waals surface area contributed by atoms with Gasteiger partial charge in [-0.3, -0.25) is 0 Å². The summed E-state index contributed by atoms with van der Waals surface area (Å²) in [6.45, 7) is 9.08. The second-order valence-corrected chi connectivity index (χ2v) is 5.74. The molecule has 1 fully saturated rings. The predicted molar refractivity (Wildman–Crippen MR) is 82.5 cm³/mol. The Balaban J connectivity index is 2.00. The molecular formula is C17H28N2. The van der Waals surface area contributed by atoms with E-state index < -0.39 is 0 Å². The molecule has 1 N–H and O–H groups in total. The molecule has 0 amide bonds. The minimum atomic E-state index is 0.476. The molecule has 0 bridgehead atoms. The van der Waals surface area contributed by atoms with Crippen LogP contribution >= 0.6 is 0 Å². The Morgan fingerprint density at radius 1 is 1.05 bits per heavy atom. The van der Waals surface area contributed by atoms with E-state index in [1.807, 2.05) is 0 Å². The molecule has 0 spiro atoms. The van der Waals surface area contributed by atoms with Crippen molar-refractivity contribution in [2.24, 2.45) is 0 Å². The van der Waals surface area contributed by atoms with Crippen molar-refractivity contribution in [3.63, 3.8) is 0 Å². The summed E-state index contributed by atoms with van der Waals surface area (Å²) < 4.78 is 0. The van der Waals surface area contributed by atoms with Crippen molar-refractivity contribution in [3.05, 3.63) is 35.4 Å². The van der Waals surface area contributed by atoms with Gasteiger partial charge in [0.1, 0.15) is 0 Å². The predicted octanol–water partition coefficient (Wildman–Crippen LogP) is 3.52. The average Bonchev–Trinajstić information content (AvgIpc) is 2.68. The summed E-state index contributed by atoms with van der Waals surface area (Å²) in [5.41, 5.74) is 2.77. The van der Waals surface area contributed by atoms with Crippen LogP contribution in [0.25, 0.3) is 0 Å². The molecule has 0 aliphatic carbocycles. The zero-order chi connectivity index (χ0) is 13.5. The Morgan fingerprint density at radius 2 is 1.68 bits per heavy atom. The molecule has 1 atom stereocenters. The molecule has 0 saturated carbocycles. The van der Waals surface area contributed by atoms with Crippen molar-refractivity contribution in [1.82, 2.24) is 10.2 Å². The van der Waals surface area contributed by atoms with Crippen LogP contribution in [0.1, 0.15) is 49.8 Å². The normalized spacial score (nSPS) is 19.1. The lowest BCUT2D eigenvalue weighted by atomic mass is 10.0. The van der Waals surface area contributed by atoms with Crippen LogP contribution in [-0.2, 0) is 0 Å². The molecule has 1 aliphatic rings. The van der Waals surface area contributed by atoms with Crippen molar-refractivity contribution in [2.45, 2.75) is 45.6 Å². The Labute approximate surface area is 118 Å².